The summed E-state index contributed by atoms with van der Waals surface area (Å²) >= 11 is 11.8. The maximum Gasteiger partial charge on any atom is 0.347 e. The van der Waals surface area contributed by atoms with Crippen LogP contribution in [0.2, 0.25) is 10.0 Å². The van der Waals surface area contributed by atoms with Crippen LogP contribution in [-0.4, -0.2) is 31.2 Å². The summed E-state index contributed by atoms with van der Waals surface area (Å²) in [6, 6.07) is 11.5. The normalized spacial score (nSPS) is 12.6. The van der Waals surface area contributed by atoms with Gasteiger partial charge in [0.1, 0.15) is 11.5 Å². The van der Waals surface area contributed by atoms with Crippen LogP contribution in [0, 0.1) is 0 Å². The molecular weight excluding hydrogens is 393 g/mol. The maximum absolute atomic E-state index is 12.3. The fourth-order valence-electron chi connectivity index (χ4n) is 2.12. The van der Waals surface area contributed by atoms with Gasteiger partial charge >= 0.3 is 5.97 Å². The van der Waals surface area contributed by atoms with Gasteiger partial charge in [-0.25, -0.2) is 4.79 Å². The van der Waals surface area contributed by atoms with Crippen molar-refractivity contribution in [1.82, 2.24) is 0 Å². The predicted molar refractivity (Wildman–Crippen MR) is 104 cm³/mol. The van der Waals surface area contributed by atoms with E-state index in [0.29, 0.717) is 16.5 Å². The first-order valence-electron chi connectivity index (χ1n) is 8.08. The summed E-state index contributed by atoms with van der Waals surface area (Å²) < 4.78 is 15.8. The lowest BCUT2D eigenvalue weighted by molar-refractivity contribution is -0.159. The van der Waals surface area contributed by atoms with Gasteiger partial charge in [-0.05, 0) is 44.2 Å². The van der Waals surface area contributed by atoms with Gasteiger partial charge in [-0.3, -0.25) is 4.79 Å². The van der Waals surface area contributed by atoms with Crippen LogP contribution in [0.3, 0.4) is 0 Å². The minimum Gasteiger partial charge on any atom is -0.495 e. The van der Waals surface area contributed by atoms with Gasteiger partial charge in [0.05, 0.1) is 17.8 Å². The summed E-state index contributed by atoms with van der Waals surface area (Å²) in [4.78, 5) is 24.5. The number of anilines is 1. The molecule has 6 nitrogen and oxygen atoms in total. The van der Waals surface area contributed by atoms with Crippen molar-refractivity contribution in [2.75, 3.05) is 12.4 Å². The Morgan fingerprint density at radius 1 is 1.00 bits per heavy atom. The van der Waals surface area contributed by atoms with Crippen LogP contribution in [0.25, 0.3) is 0 Å². The van der Waals surface area contributed by atoms with Crippen LogP contribution >= 0.6 is 23.2 Å². The third-order valence-electron chi connectivity index (χ3n) is 3.56. The molecule has 0 radical (unpaired) electrons. The van der Waals surface area contributed by atoms with Crippen LogP contribution in [0.1, 0.15) is 13.8 Å². The molecule has 0 unspecified atom stereocenters. The van der Waals surface area contributed by atoms with Crippen molar-refractivity contribution in [2.45, 2.75) is 26.1 Å². The average molecular weight is 412 g/mol. The molecule has 8 heteroatoms. The second-order valence-corrected chi connectivity index (χ2v) is 6.45. The van der Waals surface area contributed by atoms with Gasteiger partial charge in [0.25, 0.3) is 5.91 Å². The second kappa shape index (κ2) is 9.48. The molecule has 1 N–H and O–H groups in total. The predicted octanol–water partition coefficient (Wildman–Crippen LogP) is 4.34. The Morgan fingerprint density at radius 2 is 1.70 bits per heavy atom. The molecule has 27 heavy (non-hydrogen) atoms. The molecule has 2 aromatic carbocycles. The van der Waals surface area contributed by atoms with Crippen LogP contribution < -0.4 is 14.8 Å². The Morgan fingerprint density at radius 3 is 2.37 bits per heavy atom. The average Bonchev–Trinajstić information content (AvgIpc) is 2.64. The molecule has 0 aliphatic rings. The number of hydrogen-bond donors (Lipinski definition) is 1. The standard InChI is InChI=1S/C19H19Cl2NO5/c1-11(18(23)22-15-6-4-5-7-17(15)25-3)27-19(24)12(2)26-16-9-8-13(20)10-14(16)21/h4-12H,1-3H3,(H,22,23)/t11-,12-/m0/s1. The number of para-hydroxylation sites is 2. The topological polar surface area (TPSA) is 73.9 Å². The van der Waals surface area contributed by atoms with Crippen molar-refractivity contribution in [3.8, 4) is 11.5 Å². The van der Waals surface area contributed by atoms with E-state index >= 15 is 0 Å². The van der Waals surface area contributed by atoms with E-state index in [9.17, 15) is 9.59 Å². The molecule has 144 valence electrons. The van der Waals surface area contributed by atoms with Crippen molar-refractivity contribution in [2.24, 2.45) is 0 Å². The minimum atomic E-state index is -1.03. The lowest BCUT2D eigenvalue weighted by Gasteiger charge is -2.18. The molecular formula is C19H19Cl2NO5. The lowest BCUT2D eigenvalue weighted by atomic mass is 10.2. The third kappa shape index (κ3) is 5.77. The first-order valence-corrected chi connectivity index (χ1v) is 8.83. The van der Waals surface area contributed by atoms with Crippen LogP contribution in [0.15, 0.2) is 42.5 Å². The molecule has 0 fully saturated rings. The lowest BCUT2D eigenvalue weighted by Crippen LogP contribution is -2.35. The molecule has 1 amide bonds. The van der Waals surface area contributed by atoms with E-state index in [1.165, 1.54) is 27.0 Å². The highest BCUT2D eigenvalue weighted by molar-refractivity contribution is 6.35. The summed E-state index contributed by atoms with van der Waals surface area (Å²) in [7, 11) is 1.50. The summed E-state index contributed by atoms with van der Waals surface area (Å²) in [6.45, 7) is 2.96. The first-order chi connectivity index (χ1) is 12.8. The van der Waals surface area contributed by atoms with E-state index in [0.717, 1.165) is 0 Å². The van der Waals surface area contributed by atoms with E-state index in [1.807, 2.05) is 0 Å². The van der Waals surface area contributed by atoms with E-state index in [-0.39, 0.29) is 10.8 Å². The molecule has 0 heterocycles. The van der Waals surface area contributed by atoms with Gasteiger partial charge in [-0.15, -0.1) is 0 Å². The monoisotopic (exact) mass is 411 g/mol. The number of esters is 1. The molecule has 0 aliphatic heterocycles. The summed E-state index contributed by atoms with van der Waals surface area (Å²) in [5, 5.41) is 3.37. The summed E-state index contributed by atoms with van der Waals surface area (Å²) in [6.07, 6.45) is -2.00. The molecule has 2 atom stereocenters. The van der Waals surface area contributed by atoms with Gasteiger partial charge in [0.2, 0.25) is 0 Å². The van der Waals surface area contributed by atoms with Crippen LogP contribution in [-0.2, 0) is 14.3 Å². The molecule has 0 saturated carbocycles. The van der Waals surface area contributed by atoms with Crippen molar-refractivity contribution in [3.63, 3.8) is 0 Å². The van der Waals surface area contributed by atoms with Gasteiger partial charge in [0.15, 0.2) is 12.2 Å². The Hall–Kier alpha value is -2.44. The molecule has 2 rings (SSSR count). The van der Waals surface area contributed by atoms with Crippen molar-refractivity contribution < 1.29 is 23.8 Å². The van der Waals surface area contributed by atoms with Gasteiger partial charge in [-0.1, -0.05) is 35.3 Å². The highest BCUT2D eigenvalue weighted by Gasteiger charge is 2.24. The Kier molecular flexibility index (Phi) is 7.33. The smallest absolute Gasteiger partial charge is 0.347 e. The van der Waals surface area contributed by atoms with Gasteiger partial charge in [0, 0.05) is 5.02 Å². The number of hydrogen-bond acceptors (Lipinski definition) is 5. The van der Waals surface area contributed by atoms with E-state index in [2.05, 4.69) is 5.32 Å². The molecule has 0 spiro atoms. The molecule has 2 aromatic rings. The molecule has 0 bridgehead atoms. The zero-order valence-corrected chi connectivity index (χ0v) is 16.5. The van der Waals surface area contributed by atoms with Crippen LogP contribution in [0.4, 0.5) is 5.69 Å². The van der Waals surface area contributed by atoms with Crippen molar-refractivity contribution in [1.29, 1.82) is 0 Å². The van der Waals surface area contributed by atoms with E-state index < -0.39 is 24.1 Å². The third-order valence-corrected chi connectivity index (χ3v) is 4.09. The quantitative estimate of drug-likeness (QED) is 0.685. The van der Waals surface area contributed by atoms with Gasteiger partial charge < -0.3 is 19.5 Å². The van der Waals surface area contributed by atoms with E-state index in [1.54, 1.807) is 36.4 Å². The highest BCUT2D eigenvalue weighted by atomic mass is 35.5. The van der Waals surface area contributed by atoms with Crippen LogP contribution in [0.5, 0.6) is 11.5 Å². The van der Waals surface area contributed by atoms with Crippen molar-refractivity contribution >= 4 is 40.8 Å². The number of amides is 1. The largest absolute Gasteiger partial charge is 0.495 e. The molecule has 0 aromatic heterocycles. The fourth-order valence-corrected chi connectivity index (χ4v) is 2.57. The second-order valence-electron chi connectivity index (χ2n) is 5.60. The Balaban J connectivity index is 1.94. The maximum atomic E-state index is 12.3. The number of benzene rings is 2. The number of nitrogens with one attached hydrogen (secondary N) is 1. The number of carbonyl (C=O) groups excluding carboxylic acids is 2. The van der Waals surface area contributed by atoms with Crippen molar-refractivity contribution in [3.05, 3.63) is 52.5 Å². The number of halogens is 2. The van der Waals surface area contributed by atoms with E-state index in [4.69, 9.17) is 37.4 Å². The Bertz CT molecular complexity index is 827. The molecule has 0 aliphatic carbocycles. The summed E-state index contributed by atoms with van der Waals surface area (Å²) in [5.41, 5.74) is 0.477. The number of carbonyl (C=O) groups is 2. The van der Waals surface area contributed by atoms with Gasteiger partial charge in [-0.2, -0.15) is 0 Å². The zero-order chi connectivity index (χ0) is 20.0. The number of rotatable bonds is 7. The Labute approximate surface area is 167 Å². The number of methoxy groups -OCH3 is 1. The fraction of sp³-hybridized carbons (Fsp3) is 0.263. The SMILES string of the molecule is COc1ccccc1NC(=O)[C@H](C)OC(=O)[C@H](C)Oc1ccc(Cl)cc1Cl. The highest BCUT2D eigenvalue weighted by Crippen LogP contribution is 2.28. The first kappa shape index (κ1) is 20.9. The minimum absolute atomic E-state index is 0.268. The molecule has 0 saturated heterocycles. The zero-order valence-electron chi connectivity index (χ0n) is 15.0. The number of ether oxygens (including phenoxy) is 3. The summed E-state index contributed by atoms with van der Waals surface area (Å²) in [5.74, 6) is -0.414.